The molecule has 7 nitrogen and oxygen atoms in total. The molecule has 2 aliphatic heterocycles. The molecule has 2 rings (SSSR count). The molecule has 25 heavy (non-hydrogen) atoms. The van der Waals surface area contributed by atoms with E-state index in [0.29, 0.717) is 52.0 Å². The fourth-order valence-electron chi connectivity index (χ4n) is 3.18. The summed E-state index contributed by atoms with van der Waals surface area (Å²) in [6, 6.07) is -0.114. The summed E-state index contributed by atoms with van der Waals surface area (Å²) in [5.74, 6) is 0.258. The number of piperidine rings is 1. The number of aliphatic imine (C=N–C) groups is 1. The molecule has 1 unspecified atom stereocenters. The van der Waals surface area contributed by atoms with Crippen molar-refractivity contribution in [3.63, 3.8) is 0 Å². The Labute approximate surface area is 145 Å². The van der Waals surface area contributed by atoms with Crippen LogP contribution in [0.1, 0.15) is 26.2 Å². The lowest BCUT2D eigenvalue weighted by molar-refractivity contribution is -0.143. The van der Waals surface area contributed by atoms with Gasteiger partial charge < -0.3 is 20.7 Å². The Balaban J connectivity index is 1.73. The van der Waals surface area contributed by atoms with Crippen molar-refractivity contribution in [1.82, 2.24) is 15.1 Å². The number of amides is 1. The summed E-state index contributed by atoms with van der Waals surface area (Å²) >= 11 is 0. The van der Waals surface area contributed by atoms with E-state index in [-0.39, 0.29) is 24.1 Å². The molecule has 1 amide bonds. The molecule has 0 aliphatic carbocycles. The van der Waals surface area contributed by atoms with E-state index in [1.165, 1.54) is 4.90 Å². The summed E-state index contributed by atoms with van der Waals surface area (Å²) in [7, 11) is 0. The number of halogens is 3. The molecule has 0 aromatic rings. The van der Waals surface area contributed by atoms with Crippen LogP contribution in [0.25, 0.3) is 0 Å². The van der Waals surface area contributed by atoms with Gasteiger partial charge in [-0.25, -0.2) is 9.79 Å². The second kappa shape index (κ2) is 8.59. The van der Waals surface area contributed by atoms with Crippen molar-refractivity contribution >= 4 is 12.1 Å². The Morgan fingerprint density at radius 3 is 2.56 bits per heavy atom. The van der Waals surface area contributed by atoms with Crippen molar-refractivity contribution in [1.29, 1.82) is 0 Å². The lowest BCUT2D eigenvalue weighted by atomic mass is 10.1. The predicted octanol–water partition coefficient (Wildman–Crippen LogP) is 1.15. The van der Waals surface area contributed by atoms with Crippen molar-refractivity contribution in [2.75, 3.05) is 39.3 Å². The van der Waals surface area contributed by atoms with Gasteiger partial charge in [0, 0.05) is 32.2 Å². The molecule has 0 spiro atoms. The number of hydrogen-bond donors (Lipinski definition) is 2. The number of carbonyl (C=O) groups is 1. The number of rotatable bonds is 4. The van der Waals surface area contributed by atoms with Crippen molar-refractivity contribution < 1.29 is 22.7 Å². The second-order valence-electron chi connectivity index (χ2n) is 6.41. The molecule has 0 saturated carbocycles. The van der Waals surface area contributed by atoms with Gasteiger partial charge in [0.2, 0.25) is 0 Å². The van der Waals surface area contributed by atoms with Crippen LogP contribution in [0.2, 0.25) is 0 Å². The maximum atomic E-state index is 12.4. The number of carbonyl (C=O) groups excluding carboxylic acids is 1. The Morgan fingerprint density at radius 1 is 1.28 bits per heavy atom. The van der Waals surface area contributed by atoms with E-state index in [1.54, 1.807) is 11.8 Å². The highest BCUT2D eigenvalue weighted by Crippen LogP contribution is 2.20. The average Bonchev–Trinajstić information content (AvgIpc) is 2.92. The first-order chi connectivity index (χ1) is 11.8. The topological polar surface area (TPSA) is 83.2 Å². The van der Waals surface area contributed by atoms with Crippen molar-refractivity contribution in [3.05, 3.63) is 0 Å². The minimum Gasteiger partial charge on any atom is -0.450 e. The van der Waals surface area contributed by atoms with Crippen molar-refractivity contribution in [3.8, 4) is 0 Å². The zero-order chi connectivity index (χ0) is 18.4. The van der Waals surface area contributed by atoms with Crippen LogP contribution in [-0.2, 0) is 4.74 Å². The van der Waals surface area contributed by atoms with E-state index in [1.807, 2.05) is 0 Å². The van der Waals surface area contributed by atoms with Crippen LogP contribution in [0, 0.1) is 0 Å². The smallest absolute Gasteiger partial charge is 0.409 e. The summed E-state index contributed by atoms with van der Waals surface area (Å²) < 4.78 is 42.1. The average molecular weight is 365 g/mol. The molecule has 0 aromatic carbocycles. The summed E-state index contributed by atoms with van der Waals surface area (Å²) in [6.07, 6.45) is -2.51. The number of hydrogen-bond acceptors (Lipinski definition) is 4. The monoisotopic (exact) mass is 365 g/mol. The highest BCUT2D eigenvalue weighted by molar-refractivity contribution is 5.78. The molecule has 2 heterocycles. The number of nitrogens with zero attached hydrogens (tertiary/aromatic N) is 3. The fourth-order valence-corrected chi connectivity index (χ4v) is 3.18. The van der Waals surface area contributed by atoms with E-state index in [4.69, 9.17) is 10.5 Å². The summed E-state index contributed by atoms with van der Waals surface area (Å²) in [6.45, 7) is 3.03. The van der Waals surface area contributed by atoms with Gasteiger partial charge in [0.1, 0.15) is 0 Å². The van der Waals surface area contributed by atoms with Gasteiger partial charge in [0.15, 0.2) is 5.96 Å². The van der Waals surface area contributed by atoms with Crippen LogP contribution in [0.15, 0.2) is 4.99 Å². The fraction of sp³-hybridized carbons (Fsp3) is 0.867. The first-order valence-corrected chi connectivity index (χ1v) is 8.57. The minimum atomic E-state index is -4.18. The number of nitrogens with one attached hydrogen (secondary N) is 1. The van der Waals surface area contributed by atoms with Crippen LogP contribution < -0.4 is 11.1 Å². The van der Waals surface area contributed by atoms with Gasteiger partial charge in [0.25, 0.3) is 0 Å². The number of guanidine groups is 1. The minimum absolute atomic E-state index is 0.00542. The number of ether oxygens (including phenoxy) is 1. The third kappa shape index (κ3) is 6.60. The van der Waals surface area contributed by atoms with E-state index < -0.39 is 12.7 Å². The standard InChI is InChI=1S/C15H26F3N5O2/c1-2-25-14(24)23-7-4-11(5-8-23)20-13(19)21-12-3-6-22(9-12)10-15(16,17)18/h11-12H,2-10H2,1H3,(H3,19,20,21). The van der Waals surface area contributed by atoms with Crippen LogP contribution in [0.5, 0.6) is 0 Å². The van der Waals surface area contributed by atoms with Crippen LogP contribution in [-0.4, -0.2) is 79.4 Å². The van der Waals surface area contributed by atoms with Crippen molar-refractivity contribution in [2.24, 2.45) is 10.7 Å². The first kappa shape index (κ1) is 19.6. The van der Waals surface area contributed by atoms with Gasteiger partial charge >= 0.3 is 12.3 Å². The van der Waals surface area contributed by atoms with Crippen LogP contribution in [0.3, 0.4) is 0 Å². The SMILES string of the molecule is CCOC(=O)N1CCC(N=C(N)NC2CCN(CC(F)(F)F)C2)CC1. The van der Waals surface area contributed by atoms with Gasteiger partial charge in [0.05, 0.1) is 19.2 Å². The summed E-state index contributed by atoms with van der Waals surface area (Å²) in [4.78, 5) is 19.0. The molecule has 0 bridgehead atoms. The number of likely N-dealkylation sites (tertiary alicyclic amines) is 2. The highest BCUT2D eigenvalue weighted by Gasteiger charge is 2.34. The summed E-state index contributed by atoms with van der Waals surface area (Å²) in [5, 5.41) is 3.01. The lowest BCUT2D eigenvalue weighted by Gasteiger charge is -2.29. The molecule has 1 atom stereocenters. The van der Waals surface area contributed by atoms with Crippen LogP contribution >= 0.6 is 0 Å². The van der Waals surface area contributed by atoms with E-state index in [9.17, 15) is 18.0 Å². The molecular weight excluding hydrogens is 339 g/mol. The molecule has 2 aliphatic rings. The van der Waals surface area contributed by atoms with E-state index >= 15 is 0 Å². The lowest BCUT2D eigenvalue weighted by Crippen LogP contribution is -2.44. The highest BCUT2D eigenvalue weighted by atomic mass is 19.4. The molecule has 2 saturated heterocycles. The molecule has 0 radical (unpaired) electrons. The van der Waals surface area contributed by atoms with Gasteiger partial charge in [-0.05, 0) is 26.2 Å². The zero-order valence-corrected chi connectivity index (χ0v) is 14.4. The van der Waals surface area contributed by atoms with E-state index in [0.717, 1.165) is 0 Å². The van der Waals surface area contributed by atoms with Crippen LogP contribution in [0.4, 0.5) is 18.0 Å². The third-order valence-electron chi connectivity index (χ3n) is 4.34. The third-order valence-corrected chi connectivity index (χ3v) is 4.34. The molecule has 0 aromatic heterocycles. The molecule has 10 heteroatoms. The van der Waals surface area contributed by atoms with Gasteiger partial charge in [-0.3, -0.25) is 4.90 Å². The molecule has 2 fully saturated rings. The molecule has 3 N–H and O–H groups in total. The van der Waals surface area contributed by atoms with Gasteiger partial charge in [-0.15, -0.1) is 0 Å². The summed E-state index contributed by atoms with van der Waals surface area (Å²) in [5.41, 5.74) is 5.89. The van der Waals surface area contributed by atoms with Gasteiger partial charge in [-0.2, -0.15) is 13.2 Å². The second-order valence-corrected chi connectivity index (χ2v) is 6.41. The van der Waals surface area contributed by atoms with Crippen molar-refractivity contribution in [2.45, 2.75) is 44.4 Å². The number of alkyl halides is 3. The maximum Gasteiger partial charge on any atom is 0.409 e. The Hall–Kier alpha value is -1.71. The quantitative estimate of drug-likeness (QED) is 0.577. The normalized spacial score (nSPS) is 23.8. The Bertz CT molecular complexity index is 478. The zero-order valence-electron chi connectivity index (χ0n) is 14.4. The predicted molar refractivity (Wildman–Crippen MR) is 87.3 cm³/mol. The van der Waals surface area contributed by atoms with E-state index in [2.05, 4.69) is 10.3 Å². The maximum absolute atomic E-state index is 12.4. The van der Waals surface area contributed by atoms with Gasteiger partial charge in [-0.1, -0.05) is 0 Å². The largest absolute Gasteiger partial charge is 0.450 e. The molecular formula is C15H26F3N5O2. The number of nitrogens with two attached hydrogens (primary N) is 1. The Kier molecular flexibility index (Phi) is 6.74. The first-order valence-electron chi connectivity index (χ1n) is 8.57. The molecule has 144 valence electrons. The Morgan fingerprint density at radius 2 is 1.96 bits per heavy atom.